The van der Waals surface area contributed by atoms with Gasteiger partial charge in [-0.3, -0.25) is 0 Å². The first kappa shape index (κ1) is 14.8. The fourth-order valence-corrected chi connectivity index (χ4v) is 2.11. The van der Waals surface area contributed by atoms with E-state index in [1.165, 1.54) is 12.1 Å². The fraction of sp³-hybridized carbons (Fsp3) is 0.500. The van der Waals surface area contributed by atoms with Crippen LogP contribution in [0.3, 0.4) is 0 Å². The molecule has 0 aromatic heterocycles. The van der Waals surface area contributed by atoms with E-state index in [1.54, 1.807) is 6.07 Å². The predicted octanol–water partition coefficient (Wildman–Crippen LogP) is 1.00. The molecule has 0 radical (unpaired) electrons. The van der Waals surface area contributed by atoms with Gasteiger partial charge >= 0.3 is 0 Å². The Hall–Kier alpha value is -1.27. The molecule has 1 rings (SSSR count). The Balaban J connectivity index is 2.64. The van der Waals surface area contributed by atoms with Crippen LogP contribution in [-0.2, 0) is 9.84 Å². The van der Waals surface area contributed by atoms with Crippen molar-refractivity contribution in [3.8, 4) is 5.75 Å². The van der Waals surface area contributed by atoms with Gasteiger partial charge in [0, 0.05) is 12.8 Å². The molecule has 0 saturated carbocycles. The molecule has 0 aliphatic heterocycles. The summed E-state index contributed by atoms with van der Waals surface area (Å²) in [6.45, 7) is 1.49. The van der Waals surface area contributed by atoms with Gasteiger partial charge in [0.05, 0.1) is 17.2 Å². The van der Waals surface area contributed by atoms with Gasteiger partial charge in [0.2, 0.25) is 0 Å². The Kier molecular flexibility index (Phi) is 4.98. The highest BCUT2D eigenvalue weighted by Gasteiger charge is 2.09. The van der Waals surface area contributed by atoms with Crippen LogP contribution in [0.15, 0.2) is 23.1 Å². The third kappa shape index (κ3) is 4.54. The molecule has 0 atom stereocenters. The summed E-state index contributed by atoms with van der Waals surface area (Å²) < 4.78 is 28.2. The minimum Gasteiger partial charge on any atom is -0.491 e. The minimum absolute atomic E-state index is 0.209. The maximum Gasteiger partial charge on any atom is 0.175 e. The molecule has 0 spiro atoms. The van der Waals surface area contributed by atoms with Gasteiger partial charge in [0.25, 0.3) is 0 Å². The molecule has 6 heteroatoms. The Bertz CT molecular complexity index is 498. The van der Waals surface area contributed by atoms with E-state index in [0.29, 0.717) is 18.0 Å². The van der Waals surface area contributed by atoms with Crippen LogP contribution in [0.4, 0.5) is 5.69 Å². The lowest BCUT2D eigenvalue weighted by molar-refractivity contribution is 0.282. The molecule has 0 fully saturated rings. The molecule has 1 aromatic rings. The standard InChI is InChI=1S/C12H20N2O3S/c1-14(2)7-4-8-17-12-6-5-10(9-11(12)13)18(3,15)16/h5-6,9H,4,7-8,13H2,1-3H3. The summed E-state index contributed by atoms with van der Waals surface area (Å²) in [6.07, 6.45) is 2.04. The lowest BCUT2D eigenvalue weighted by atomic mass is 10.3. The second kappa shape index (κ2) is 6.06. The van der Waals surface area contributed by atoms with Crippen molar-refractivity contribution in [2.75, 3.05) is 39.2 Å². The zero-order valence-electron chi connectivity index (χ0n) is 11.0. The van der Waals surface area contributed by atoms with Gasteiger partial charge in [-0.1, -0.05) is 0 Å². The van der Waals surface area contributed by atoms with E-state index in [4.69, 9.17) is 10.5 Å². The van der Waals surface area contributed by atoms with Crippen molar-refractivity contribution in [3.05, 3.63) is 18.2 Å². The Morgan fingerprint density at radius 2 is 2.00 bits per heavy atom. The van der Waals surface area contributed by atoms with E-state index in [-0.39, 0.29) is 4.90 Å². The summed E-state index contributed by atoms with van der Waals surface area (Å²) >= 11 is 0. The molecule has 0 aliphatic rings. The first-order valence-electron chi connectivity index (χ1n) is 5.68. The van der Waals surface area contributed by atoms with E-state index >= 15 is 0 Å². The highest BCUT2D eigenvalue weighted by Crippen LogP contribution is 2.24. The zero-order chi connectivity index (χ0) is 13.8. The van der Waals surface area contributed by atoms with Crippen LogP contribution >= 0.6 is 0 Å². The summed E-state index contributed by atoms with van der Waals surface area (Å²) in [5.41, 5.74) is 6.11. The molecule has 0 saturated heterocycles. The molecular weight excluding hydrogens is 252 g/mol. The smallest absolute Gasteiger partial charge is 0.175 e. The zero-order valence-corrected chi connectivity index (χ0v) is 11.8. The number of nitrogens with two attached hydrogens (primary N) is 1. The number of nitrogen functional groups attached to an aromatic ring is 1. The van der Waals surface area contributed by atoms with Crippen LogP contribution in [0.5, 0.6) is 5.75 Å². The molecule has 0 heterocycles. The number of nitrogens with zero attached hydrogens (tertiary/aromatic N) is 1. The van der Waals surface area contributed by atoms with Crippen LogP contribution in [0.1, 0.15) is 6.42 Å². The molecule has 0 aliphatic carbocycles. The number of rotatable bonds is 6. The van der Waals surface area contributed by atoms with Gasteiger partial charge in [-0.25, -0.2) is 8.42 Å². The number of hydrogen-bond acceptors (Lipinski definition) is 5. The van der Waals surface area contributed by atoms with Crippen molar-refractivity contribution >= 4 is 15.5 Å². The average molecular weight is 272 g/mol. The molecule has 1 aromatic carbocycles. The Morgan fingerprint density at radius 3 is 2.50 bits per heavy atom. The molecule has 0 unspecified atom stereocenters. The highest BCUT2D eigenvalue weighted by molar-refractivity contribution is 7.90. The Morgan fingerprint density at radius 1 is 1.33 bits per heavy atom. The number of hydrogen-bond donors (Lipinski definition) is 1. The first-order chi connectivity index (χ1) is 8.30. The van der Waals surface area contributed by atoms with Crippen LogP contribution < -0.4 is 10.5 Å². The van der Waals surface area contributed by atoms with E-state index in [1.807, 2.05) is 14.1 Å². The minimum atomic E-state index is -3.22. The van der Waals surface area contributed by atoms with Crippen LogP contribution in [0.2, 0.25) is 0 Å². The third-order valence-corrected chi connectivity index (χ3v) is 3.53. The molecular formula is C12H20N2O3S. The van der Waals surface area contributed by atoms with Crippen molar-refractivity contribution in [2.24, 2.45) is 0 Å². The quantitative estimate of drug-likeness (QED) is 0.618. The Labute approximate surface area is 108 Å². The van der Waals surface area contributed by atoms with Gasteiger partial charge in [-0.05, 0) is 38.7 Å². The molecule has 5 nitrogen and oxygen atoms in total. The summed E-state index contributed by atoms with van der Waals surface area (Å²) in [4.78, 5) is 2.28. The van der Waals surface area contributed by atoms with Crippen molar-refractivity contribution in [2.45, 2.75) is 11.3 Å². The predicted molar refractivity (Wildman–Crippen MR) is 72.6 cm³/mol. The van der Waals surface area contributed by atoms with E-state index in [9.17, 15) is 8.42 Å². The van der Waals surface area contributed by atoms with Crippen molar-refractivity contribution < 1.29 is 13.2 Å². The lowest BCUT2D eigenvalue weighted by Crippen LogP contribution is -2.15. The van der Waals surface area contributed by atoms with Gasteiger partial charge in [-0.15, -0.1) is 0 Å². The summed E-state index contributed by atoms with van der Waals surface area (Å²) in [5.74, 6) is 0.529. The molecule has 0 bridgehead atoms. The molecule has 2 N–H and O–H groups in total. The second-order valence-corrected chi connectivity index (χ2v) is 6.49. The summed E-state index contributed by atoms with van der Waals surface area (Å²) in [7, 11) is 0.770. The van der Waals surface area contributed by atoms with Crippen LogP contribution in [-0.4, -0.2) is 46.8 Å². The normalized spacial score (nSPS) is 11.8. The van der Waals surface area contributed by atoms with E-state index < -0.39 is 9.84 Å². The van der Waals surface area contributed by atoms with Crippen molar-refractivity contribution in [1.82, 2.24) is 4.90 Å². The third-order valence-electron chi connectivity index (χ3n) is 2.42. The number of ether oxygens (including phenoxy) is 1. The van der Waals surface area contributed by atoms with Crippen molar-refractivity contribution in [3.63, 3.8) is 0 Å². The van der Waals surface area contributed by atoms with Gasteiger partial charge in [-0.2, -0.15) is 0 Å². The summed E-state index contributed by atoms with van der Waals surface area (Å²) in [5, 5.41) is 0. The topological polar surface area (TPSA) is 72.6 Å². The van der Waals surface area contributed by atoms with Gasteiger partial charge in [0.1, 0.15) is 5.75 Å². The largest absolute Gasteiger partial charge is 0.491 e. The SMILES string of the molecule is CN(C)CCCOc1ccc(S(C)(=O)=O)cc1N. The first-order valence-corrected chi connectivity index (χ1v) is 7.57. The number of benzene rings is 1. The second-order valence-electron chi connectivity index (χ2n) is 4.48. The van der Waals surface area contributed by atoms with Crippen LogP contribution in [0.25, 0.3) is 0 Å². The van der Waals surface area contributed by atoms with Crippen molar-refractivity contribution in [1.29, 1.82) is 0 Å². The summed E-state index contributed by atoms with van der Waals surface area (Å²) in [6, 6.07) is 4.53. The van der Waals surface area contributed by atoms with Gasteiger partial charge < -0.3 is 15.4 Å². The van der Waals surface area contributed by atoms with Crippen LogP contribution in [0, 0.1) is 0 Å². The van der Waals surface area contributed by atoms with E-state index in [0.717, 1.165) is 19.2 Å². The fourth-order valence-electron chi connectivity index (χ4n) is 1.45. The highest BCUT2D eigenvalue weighted by atomic mass is 32.2. The maximum absolute atomic E-state index is 11.3. The monoisotopic (exact) mass is 272 g/mol. The van der Waals surface area contributed by atoms with Gasteiger partial charge in [0.15, 0.2) is 9.84 Å². The number of anilines is 1. The lowest BCUT2D eigenvalue weighted by Gasteiger charge is -2.12. The number of sulfone groups is 1. The average Bonchev–Trinajstić information content (AvgIpc) is 2.24. The molecule has 102 valence electrons. The maximum atomic E-state index is 11.3. The molecule has 18 heavy (non-hydrogen) atoms. The van der Waals surface area contributed by atoms with E-state index in [2.05, 4.69) is 4.90 Å². The molecule has 0 amide bonds.